The van der Waals surface area contributed by atoms with Crippen molar-refractivity contribution >= 4 is 23.2 Å². The van der Waals surface area contributed by atoms with Crippen molar-refractivity contribution in [2.24, 2.45) is 5.73 Å². The standard InChI is InChI=1S/C11H9Cl2F3N2/c12-8-2-6(5-1-10(17)18-4-5)7(3-9(8)13)11(14,15)16/h1-3,5,18H,4,17H2/t5-/m0/s1. The molecule has 0 saturated heterocycles. The molecular formula is C11H9Cl2F3N2. The van der Waals surface area contributed by atoms with Crippen LogP contribution in [0.1, 0.15) is 17.0 Å². The average molecular weight is 297 g/mol. The summed E-state index contributed by atoms with van der Waals surface area (Å²) in [6, 6.07) is 2.09. The predicted molar refractivity (Wildman–Crippen MR) is 64.5 cm³/mol. The Hall–Kier alpha value is -1.07. The monoisotopic (exact) mass is 296 g/mol. The summed E-state index contributed by atoms with van der Waals surface area (Å²) < 4.78 is 38.8. The van der Waals surface area contributed by atoms with Crippen LogP contribution in [-0.2, 0) is 6.18 Å². The van der Waals surface area contributed by atoms with E-state index in [9.17, 15) is 13.2 Å². The lowest BCUT2D eigenvalue weighted by molar-refractivity contribution is -0.138. The van der Waals surface area contributed by atoms with E-state index in [1.807, 2.05) is 0 Å². The Morgan fingerprint density at radius 3 is 2.33 bits per heavy atom. The van der Waals surface area contributed by atoms with Gasteiger partial charge in [-0.25, -0.2) is 0 Å². The van der Waals surface area contributed by atoms with Crippen LogP contribution in [0.4, 0.5) is 13.2 Å². The van der Waals surface area contributed by atoms with Gasteiger partial charge in [0.2, 0.25) is 0 Å². The molecule has 1 atom stereocenters. The van der Waals surface area contributed by atoms with Gasteiger partial charge in [-0.15, -0.1) is 0 Å². The average Bonchev–Trinajstić information content (AvgIpc) is 2.67. The molecule has 0 unspecified atom stereocenters. The van der Waals surface area contributed by atoms with Gasteiger partial charge in [0.05, 0.1) is 21.4 Å². The van der Waals surface area contributed by atoms with Gasteiger partial charge in [-0.3, -0.25) is 0 Å². The zero-order valence-electron chi connectivity index (χ0n) is 8.98. The molecule has 0 radical (unpaired) electrons. The fraction of sp³-hybridized carbons (Fsp3) is 0.273. The van der Waals surface area contributed by atoms with Gasteiger partial charge in [-0.2, -0.15) is 13.2 Å². The van der Waals surface area contributed by atoms with E-state index in [2.05, 4.69) is 5.32 Å². The summed E-state index contributed by atoms with van der Waals surface area (Å²) in [5.41, 5.74) is 4.79. The second-order valence-electron chi connectivity index (χ2n) is 3.96. The lowest BCUT2D eigenvalue weighted by Gasteiger charge is -2.17. The van der Waals surface area contributed by atoms with Crippen molar-refractivity contribution in [1.82, 2.24) is 5.32 Å². The third-order valence-electron chi connectivity index (χ3n) is 2.70. The predicted octanol–water partition coefficient (Wildman–Crippen LogP) is 3.50. The smallest absolute Gasteiger partial charge is 0.386 e. The van der Waals surface area contributed by atoms with Crippen molar-refractivity contribution in [2.75, 3.05) is 6.54 Å². The zero-order valence-corrected chi connectivity index (χ0v) is 10.5. The number of rotatable bonds is 1. The van der Waals surface area contributed by atoms with Gasteiger partial charge in [0.1, 0.15) is 0 Å². The second kappa shape index (κ2) is 4.55. The fourth-order valence-corrected chi connectivity index (χ4v) is 2.21. The Bertz CT molecular complexity index is 512. The van der Waals surface area contributed by atoms with E-state index in [-0.39, 0.29) is 15.6 Å². The zero-order chi connectivity index (χ0) is 13.5. The highest BCUT2D eigenvalue weighted by Gasteiger charge is 2.36. The first-order chi connectivity index (χ1) is 8.29. The molecule has 1 aromatic rings. The third-order valence-corrected chi connectivity index (χ3v) is 3.43. The molecule has 0 fully saturated rings. The molecule has 1 heterocycles. The van der Waals surface area contributed by atoms with Gasteiger partial charge in [-0.05, 0) is 23.8 Å². The van der Waals surface area contributed by atoms with E-state index in [0.29, 0.717) is 12.4 Å². The number of nitrogens with two attached hydrogens (primary N) is 1. The van der Waals surface area contributed by atoms with Crippen molar-refractivity contribution in [3.05, 3.63) is 45.2 Å². The number of hydrogen-bond donors (Lipinski definition) is 2. The van der Waals surface area contributed by atoms with E-state index in [4.69, 9.17) is 28.9 Å². The molecular weight excluding hydrogens is 288 g/mol. The van der Waals surface area contributed by atoms with Crippen molar-refractivity contribution in [2.45, 2.75) is 12.1 Å². The molecule has 0 saturated carbocycles. The van der Waals surface area contributed by atoms with Crippen LogP contribution in [0.5, 0.6) is 0 Å². The first-order valence-corrected chi connectivity index (χ1v) is 5.82. The molecule has 2 nitrogen and oxygen atoms in total. The van der Waals surface area contributed by atoms with Crippen LogP contribution < -0.4 is 11.1 Å². The maximum Gasteiger partial charge on any atom is 0.416 e. The number of benzene rings is 1. The summed E-state index contributed by atoms with van der Waals surface area (Å²) in [5, 5.41) is 2.76. The molecule has 2 rings (SSSR count). The van der Waals surface area contributed by atoms with Crippen molar-refractivity contribution in [3.63, 3.8) is 0 Å². The van der Waals surface area contributed by atoms with Crippen LogP contribution in [0.3, 0.4) is 0 Å². The summed E-state index contributed by atoms with van der Waals surface area (Å²) in [6.07, 6.45) is -2.94. The molecule has 0 aromatic heterocycles. The minimum Gasteiger partial charge on any atom is -0.386 e. The largest absolute Gasteiger partial charge is 0.416 e. The summed E-state index contributed by atoms with van der Waals surface area (Å²) in [5.74, 6) is -0.101. The van der Waals surface area contributed by atoms with Crippen LogP contribution in [0, 0.1) is 0 Å². The number of halogens is 5. The van der Waals surface area contributed by atoms with Gasteiger partial charge in [0.15, 0.2) is 0 Å². The molecule has 18 heavy (non-hydrogen) atoms. The molecule has 1 aromatic carbocycles. The Morgan fingerprint density at radius 1 is 1.22 bits per heavy atom. The molecule has 1 aliphatic rings. The SMILES string of the molecule is NC1=C[C@H](c2cc(Cl)c(Cl)cc2C(F)(F)F)CN1. The highest BCUT2D eigenvalue weighted by molar-refractivity contribution is 6.42. The van der Waals surface area contributed by atoms with Gasteiger partial charge in [0, 0.05) is 12.5 Å². The van der Waals surface area contributed by atoms with Crippen molar-refractivity contribution in [3.8, 4) is 0 Å². The van der Waals surface area contributed by atoms with Crippen LogP contribution in [-0.4, -0.2) is 6.54 Å². The normalized spacial score (nSPS) is 19.6. The van der Waals surface area contributed by atoms with Gasteiger partial charge in [-0.1, -0.05) is 23.2 Å². The highest BCUT2D eigenvalue weighted by atomic mass is 35.5. The first kappa shape index (κ1) is 13.4. The van der Waals surface area contributed by atoms with Crippen molar-refractivity contribution < 1.29 is 13.2 Å². The van der Waals surface area contributed by atoms with Crippen molar-refractivity contribution in [1.29, 1.82) is 0 Å². The summed E-state index contributed by atoms with van der Waals surface area (Å²) >= 11 is 11.4. The lowest BCUT2D eigenvalue weighted by atomic mass is 9.94. The molecule has 1 aliphatic heterocycles. The number of nitrogens with one attached hydrogen (secondary N) is 1. The minimum atomic E-state index is -4.48. The van der Waals surface area contributed by atoms with Gasteiger partial charge in [0.25, 0.3) is 0 Å². The molecule has 0 bridgehead atoms. The fourth-order valence-electron chi connectivity index (χ4n) is 1.88. The molecule has 0 amide bonds. The summed E-state index contributed by atoms with van der Waals surface area (Å²) in [7, 11) is 0. The van der Waals surface area contributed by atoms with Crippen LogP contribution in [0.15, 0.2) is 24.0 Å². The summed E-state index contributed by atoms with van der Waals surface area (Å²) in [6.45, 7) is 0.312. The quantitative estimate of drug-likeness (QED) is 0.832. The van der Waals surface area contributed by atoms with Crippen LogP contribution >= 0.6 is 23.2 Å². The molecule has 7 heteroatoms. The molecule has 0 aliphatic carbocycles. The summed E-state index contributed by atoms with van der Waals surface area (Å²) in [4.78, 5) is 0. The Kier molecular flexibility index (Phi) is 3.38. The Labute approximate surface area is 112 Å². The highest BCUT2D eigenvalue weighted by Crippen LogP contribution is 2.40. The molecule has 3 N–H and O–H groups in total. The molecule has 0 spiro atoms. The van der Waals surface area contributed by atoms with E-state index < -0.39 is 17.7 Å². The second-order valence-corrected chi connectivity index (χ2v) is 4.78. The third kappa shape index (κ3) is 2.52. The number of hydrogen-bond acceptors (Lipinski definition) is 2. The van der Waals surface area contributed by atoms with Gasteiger partial charge < -0.3 is 11.1 Å². The van der Waals surface area contributed by atoms with E-state index >= 15 is 0 Å². The van der Waals surface area contributed by atoms with E-state index in [1.54, 1.807) is 0 Å². The van der Waals surface area contributed by atoms with E-state index in [1.165, 1.54) is 12.1 Å². The van der Waals surface area contributed by atoms with Crippen LogP contribution in [0.25, 0.3) is 0 Å². The van der Waals surface area contributed by atoms with Gasteiger partial charge >= 0.3 is 6.18 Å². The number of alkyl halides is 3. The minimum absolute atomic E-state index is 0.0739. The maximum atomic E-state index is 12.9. The van der Waals surface area contributed by atoms with Crippen LogP contribution in [0.2, 0.25) is 10.0 Å². The lowest BCUT2D eigenvalue weighted by Crippen LogP contribution is -2.18. The Morgan fingerprint density at radius 2 is 1.83 bits per heavy atom. The first-order valence-electron chi connectivity index (χ1n) is 5.06. The Balaban J connectivity index is 2.55. The maximum absolute atomic E-state index is 12.9. The topological polar surface area (TPSA) is 38.0 Å². The van der Waals surface area contributed by atoms with E-state index in [0.717, 1.165) is 6.07 Å². The molecule has 98 valence electrons.